The number of aliphatic hydroxyl groups is 2. The van der Waals surface area contributed by atoms with Gasteiger partial charge in [0.15, 0.2) is 0 Å². The highest BCUT2D eigenvalue weighted by Gasteiger charge is 2.53. The summed E-state index contributed by atoms with van der Waals surface area (Å²) in [5.74, 6) is 3.59. The second kappa shape index (κ2) is 9.13. The van der Waals surface area contributed by atoms with Crippen LogP contribution in [0.4, 0.5) is 0 Å². The van der Waals surface area contributed by atoms with Gasteiger partial charge in [-0.2, -0.15) is 0 Å². The maximum absolute atomic E-state index is 9.26. The number of hydrogen-bond acceptors (Lipinski definition) is 4. The quantitative estimate of drug-likeness (QED) is 0.595. The van der Waals surface area contributed by atoms with Gasteiger partial charge in [0.25, 0.3) is 0 Å². The van der Waals surface area contributed by atoms with Crippen LogP contribution >= 0.6 is 12.4 Å². The average Bonchev–Trinajstić information content (AvgIpc) is 2.67. The predicted octanol–water partition coefficient (Wildman–Crippen LogP) is 3.56. The van der Waals surface area contributed by atoms with Crippen molar-refractivity contribution in [2.45, 2.75) is 57.9 Å². The van der Waals surface area contributed by atoms with Crippen LogP contribution in [0.1, 0.15) is 51.5 Å². The van der Waals surface area contributed by atoms with Gasteiger partial charge in [-0.1, -0.05) is 26.0 Å². The minimum absolute atomic E-state index is 0. The Morgan fingerprint density at radius 2 is 1.81 bits per heavy atom. The molecule has 0 saturated heterocycles. The zero-order valence-electron chi connectivity index (χ0n) is 16.7. The van der Waals surface area contributed by atoms with Crippen molar-refractivity contribution in [3.05, 3.63) is 29.8 Å². The van der Waals surface area contributed by atoms with E-state index in [2.05, 4.69) is 13.8 Å². The first-order valence-electron chi connectivity index (χ1n) is 10.1. The van der Waals surface area contributed by atoms with Gasteiger partial charge in [-0.3, -0.25) is 0 Å². The van der Waals surface area contributed by atoms with Crippen LogP contribution in [0.3, 0.4) is 0 Å². The molecule has 3 saturated carbocycles. The van der Waals surface area contributed by atoms with E-state index in [0.717, 1.165) is 48.5 Å². The zero-order valence-corrected chi connectivity index (χ0v) is 17.5. The van der Waals surface area contributed by atoms with Crippen LogP contribution in [-0.4, -0.2) is 35.6 Å². The number of rotatable bonds is 9. The number of fused-ring (bicyclic) bond motifs is 2. The van der Waals surface area contributed by atoms with Gasteiger partial charge in [0.1, 0.15) is 5.75 Å². The molecule has 3 atom stereocenters. The lowest BCUT2D eigenvalue weighted by Gasteiger charge is -2.60. The van der Waals surface area contributed by atoms with E-state index in [9.17, 15) is 10.2 Å². The Hall–Kier alpha value is -0.810. The van der Waals surface area contributed by atoms with Crippen molar-refractivity contribution < 1.29 is 14.9 Å². The van der Waals surface area contributed by atoms with E-state index >= 15 is 0 Å². The maximum atomic E-state index is 9.26. The first kappa shape index (κ1) is 22.5. The summed E-state index contributed by atoms with van der Waals surface area (Å²) in [5.41, 5.74) is 6.71. The van der Waals surface area contributed by atoms with Gasteiger partial charge in [-0.15, -0.1) is 12.4 Å². The van der Waals surface area contributed by atoms with Crippen LogP contribution in [0, 0.1) is 23.2 Å². The largest absolute Gasteiger partial charge is 0.494 e. The van der Waals surface area contributed by atoms with Crippen molar-refractivity contribution in [3.8, 4) is 5.75 Å². The van der Waals surface area contributed by atoms with Crippen molar-refractivity contribution in [1.82, 2.24) is 0 Å². The number of aryl methyl sites for hydroxylation is 1. The number of hydrogen-bond donors (Lipinski definition) is 3. The lowest BCUT2D eigenvalue weighted by molar-refractivity contribution is -0.108. The molecule has 4 rings (SSSR count). The summed E-state index contributed by atoms with van der Waals surface area (Å²) in [4.78, 5) is 0. The van der Waals surface area contributed by atoms with Crippen LogP contribution in [-0.2, 0) is 6.42 Å². The van der Waals surface area contributed by atoms with Gasteiger partial charge in [-0.05, 0) is 79.4 Å². The van der Waals surface area contributed by atoms with E-state index < -0.39 is 5.54 Å². The molecule has 3 aliphatic rings. The van der Waals surface area contributed by atoms with E-state index in [1.54, 1.807) is 0 Å². The molecule has 1 aromatic rings. The Balaban J connectivity index is 0.00000261. The number of benzene rings is 1. The molecule has 0 amide bonds. The Bertz CT molecular complexity index is 584. The molecule has 1 aromatic carbocycles. The van der Waals surface area contributed by atoms with E-state index in [4.69, 9.17) is 10.5 Å². The van der Waals surface area contributed by atoms with Crippen molar-refractivity contribution in [3.63, 3.8) is 0 Å². The zero-order chi connectivity index (χ0) is 18.8. The normalized spacial score (nSPS) is 26.0. The fourth-order valence-corrected chi connectivity index (χ4v) is 4.99. The molecule has 0 aliphatic heterocycles. The lowest BCUT2D eigenvalue weighted by atomic mass is 9.45. The highest BCUT2D eigenvalue weighted by atomic mass is 35.5. The van der Waals surface area contributed by atoms with Crippen molar-refractivity contribution >= 4 is 12.4 Å². The second-order valence-corrected chi connectivity index (χ2v) is 9.16. The molecule has 0 heterocycles. The van der Waals surface area contributed by atoms with E-state index in [1.807, 2.05) is 24.3 Å². The number of aliphatic hydroxyl groups excluding tert-OH is 2. The second-order valence-electron chi connectivity index (χ2n) is 9.16. The highest BCUT2D eigenvalue weighted by Crippen LogP contribution is 2.61. The molecule has 3 fully saturated rings. The number of halogens is 1. The molecule has 0 radical (unpaired) electrons. The molecule has 5 heteroatoms. The van der Waals surface area contributed by atoms with Crippen molar-refractivity contribution in [1.29, 1.82) is 0 Å². The molecule has 2 bridgehead atoms. The SMILES string of the molecule is CC1(C)C2CCC(CCOc3ccc(CCC(N)(CO)CO)cc3)C1C2.Cl. The first-order valence-corrected chi connectivity index (χ1v) is 10.1. The van der Waals surface area contributed by atoms with Crippen LogP contribution in [0.2, 0.25) is 0 Å². The van der Waals surface area contributed by atoms with E-state index in [0.29, 0.717) is 11.8 Å². The third-order valence-corrected chi connectivity index (χ3v) is 7.22. The van der Waals surface area contributed by atoms with Gasteiger partial charge in [0.05, 0.1) is 25.4 Å². The summed E-state index contributed by atoms with van der Waals surface area (Å²) >= 11 is 0. The van der Waals surface area contributed by atoms with E-state index in [-0.39, 0.29) is 25.6 Å². The standard InChI is InChI=1S/C22H35NO3.ClH/c1-21(2)18-6-5-17(20(21)13-18)10-12-26-19-7-3-16(4-8-19)9-11-22(23,14-24)15-25;/h3-4,7-8,17-18,20,24-25H,5-6,9-15,23H2,1-2H3;1H. The monoisotopic (exact) mass is 397 g/mol. The van der Waals surface area contributed by atoms with Gasteiger partial charge >= 0.3 is 0 Å². The molecule has 27 heavy (non-hydrogen) atoms. The summed E-state index contributed by atoms with van der Waals surface area (Å²) < 4.78 is 5.98. The average molecular weight is 398 g/mol. The molecule has 0 aromatic heterocycles. The van der Waals surface area contributed by atoms with Crippen LogP contribution < -0.4 is 10.5 Å². The van der Waals surface area contributed by atoms with Crippen LogP contribution in [0.15, 0.2) is 24.3 Å². The van der Waals surface area contributed by atoms with Crippen LogP contribution in [0.5, 0.6) is 5.75 Å². The number of ether oxygens (including phenoxy) is 1. The fraction of sp³-hybridized carbons (Fsp3) is 0.727. The fourth-order valence-electron chi connectivity index (χ4n) is 4.99. The first-order chi connectivity index (χ1) is 12.4. The minimum atomic E-state index is -0.899. The van der Waals surface area contributed by atoms with Crippen LogP contribution in [0.25, 0.3) is 0 Å². The summed E-state index contributed by atoms with van der Waals surface area (Å²) in [5, 5.41) is 18.5. The molecule has 0 spiro atoms. The Morgan fingerprint density at radius 3 is 2.37 bits per heavy atom. The van der Waals surface area contributed by atoms with E-state index in [1.165, 1.54) is 19.3 Å². The topological polar surface area (TPSA) is 75.7 Å². The van der Waals surface area contributed by atoms with Gasteiger partial charge in [0.2, 0.25) is 0 Å². The summed E-state index contributed by atoms with van der Waals surface area (Å²) in [6.45, 7) is 5.28. The van der Waals surface area contributed by atoms with Gasteiger partial charge < -0.3 is 20.7 Å². The Kier molecular flexibility index (Phi) is 7.60. The molecule has 4 N–H and O–H groups in total. The molecule has 3 unspecified atom stereocenters. The van der Waals surface area contributed by atoms with Crippen molar-refractivity contribution in [2.75, 3.05) is 19.8 Å². The Morgan fingerprint density at radius 1 is 1.15 bits per heavy atom. The van der Waals surface area contributed by atoms with Gasteiger partial charge in [0, 0.05) is 0 Å². The molecular formula is C22H36ClNO3. The Labute approximate surface area is 169 Å². The third kappa shape index (κ3) is 4.97. The third-order valence-electron chi connectivity index (χ3n) is 7.22. The number of nitrogens with two attached hydrogens (primary N) is 1. The minimum Gasteiger partial charge on any atom is -0.494 e. The smallest absolute Gasteiger partial charge is 0.119 e. The van der Waals surface area contributed by atoms with Crippen molar-refractivity contribution in [2.24, 2.45) is 28.9 Å². The highest BCUT2D eigenvalue weighted by molar-refractivity contribution is 5.85. The summed E-state index contributed by atoms with van der Waals surface area (Å²) in [6, 6.07) is 8.11. The summed E-state index contributed by atoms with van der Waals surface area (Å²) in [7, 11) is 0. The predicted molar refractivity (Wildman–Crippen MR) is 111 cm³/mol. The molecular weight excluding hydrogens is 362 g/mol. The van der Waals surface area contributed by atoms with Gasteiger partial charge in [-0.25, -0.2) is 0 Å². The lowest BCUT2D eigenvalue weighted by Crippen LogP contribution is -2.52. The molecule has 154 valence electrons. The molecule has 4 nitrogen and oxygen atoms in total. The summed E-state index contributed by atoms with van der Waals surface area (Å²) in [6.07, 6.45) is 6.64. The molecule has 3 aliphatic carbocycles. The maximum Gasteiger partial charge on any atom is 0.119 e.